The summed E-state index contributed by atoms with van der Waals surface area (Å²) in [6.45, 7) is 2.24. The van der Waals surface area contributed by atoms with E-state index >= 15 is 0 Å². The number of benzene rings is 1. The van der Waals surface area contributed by atoms with Gasteiger partial charge in [-0.25, -0.2) is 0 Å². The average molecular weight is 283 g/mol. The van der Waals surface area contributed by atoms with E-state index in [9.17, 15) is 4.79 Å². The van der Waals surface area contributed by atoms with Crippen molar-refractivity contribution in [3.05, 3.63) is 42.1 Å². The van der Waals surface area contributed by atoms with Crippen LogP contribution >= 0.6 is 0 Å². The topological polar surface area (TPSA) is 39.2 Å². The lowest BCUT2D eigenvalue weighted by atomic mass is 9.75. The number of hydrogen-bond donors (Lipinski definition) is 0. The van der Waals surface area contributed by atoms with E-state index in [0.717, 1.165) is 42.1 Å². The largest absolute Gasteiger partial charge is 0.370 e. The molecule has 1 aliphatic rings. The van der Waals surface area contributed by atoms with Crippen LogP contribution in [-0.4, -0.2) is 23.5 Å². The molecule has 1 aromatic carbocycles. The number of nitrogens with zero attached hydrogens (tertiary/aromatic N) is 1. The number of ether oxygens (including phenoxy) is 1. The van der Waals surface area contributed by atoms with E-state index in [4.69, 9.17) is 4.74 Å². The lowest BCUT2D eigenvalue weighted by Crippen LogP contribution is -2.44. The van der Waals surface area contributed by atoms with Crippen LogP contribution < -0.4 is 0 Å². The van der Waals surface area contributed by atoms with Crippen LogP contribution in [0.4, 0.5) is 0 Å². The molecule has 0 unspecified atom stereocenters. The molecule has 3 nitrogen and oxygen atoms in total. The van der Waals surface area contributed by atoms with Gasteiger partial charge in [0.2, 0.25) is 0 Å². The van der Waals surface area contributed by atoms with Gasteiger partial charge in [-0.1, -0.05) is 25.1 Å². The Bertz CT molecular complexity index is 652. The summed E-state index contributed by atoms with van der Waals surface area (Å²) in [6.07, 6.45) is 5.45. The van der Waals surface area contributed by atoms with Crippen LogP contribution in [0.1, 0.15) is 43.0 Å². The summed E-state index contributed by atoms with van der Waals surface area (Å²) in [5.41, 5.74) is 0.937. The van der Waals surface area contributed by atoms with E-state index in [0.29, 0.717) is 5.92 Å². The number of fused-ring (bicyclic) bond motifs is 1. The number of pyridine rings is 1. The van der Waals surface area contributed by atoms with E-state index < -0.39 is 5.60 Å². The molecule has 0 atom stereocenters. The molecule has 1 aliphatic carbocycles. The second-order valence-corrected chi connectivity index (χ2v) is 6.09. The minimum Gasteiger partial charge on any atom is -0.370 e. The van der Waals surface area contributed by atoms with E-state index in [2.05, 4.69) is 11.9 Å². The van der Waals surface area contributed by atoms with Gasteiger partial charge in [-0.3, -0.25) is 9.78 Å². The van der Waals surface area contributed by atoms with Gasteiger partial charge in [0, 0.05) is 24.3 Å². The van der Waals surface area contributed by atoms with Crippen molar-refractivity contribution < 1.29 is 9.53 Å². The van der Waals surface area contributed by atoms with Crippen molar-refractivity contribution in [1.82, 2.24) is 4.98 Å². The van der Waals surface area contributed by atoms with Crippen molar-refractivity contribution in [2.45, 2.75) is 38.2 Å². The highest BCUT2D eigenvalue weighted by atomic mass is 16.5. The molecule has 0 aliphatic heterocycles. The number of ketones is 1. The zero-order valence-electron chi connectivity index (χ0n) is 12.6. The molecule has 1 aromatic heterocycles. The maximum atomic E-state index is 13.1. The molecule has 3 heteroatoms. The second-order valence-electron chi connectivity index (χ2n) is 6.09. The fourth-order valence-electron chi connectivity index (χ4n) is 3.30. The summed E-state index contributed by atoms with van der Waals surface area (Å²) in [5.74, 6) is 0.783. The molecular weight excluding hydrogens is 262 g/mol. The van der Waals surface area contributed by atoms with Crippen molar-refractivity contribution in [3.8, 4) is 0 Å². The van der Waals surface area contributed by atoms with E-state index in [1.165, 1.54) is 0 Å². The minimum absolute atomic E-state index is 0.107. The number of carbonyl (C=O) groups is 1. The quantitative estimate of drug-likeness (QED) is 0.799. The normalized spacial score (nSPS) is 25.9. The molecule has 0 saturated heterocycles. The smallest absolute Gasteiger partial charge is 0.195 e. The van der Waals surface area contributed by atoms with Gasteiger partial charge in [0.15, 0.2) is 5.78 Å². The summed E-state index contributed by atoms with van der Waals surface area (Å²) < 4.78 is 5.72. The standard InChI is InChI=1S/C18H21NO2/c1-13-8-10-18(21-2,11-9-13)17(20)15-5-3-7-16-14(15)6-4-12-19-16/h3-7,12-13H,8-11H2,1-2H3. The highest BCUT2D eigenvalue weighted by Gasteiger charge is 2.41. The molecule has 1 heterocycles. The first-order valence-corrected chi connectivity index (χ1v) is 7.60. The first-order chi connectivity index (χ1) is 10.2. The molecule has 0 radical (unpaired) electrons. The van der Waals surface area contributed by atoms with Gasteiger partial charge in [0.1, 0.15) is 5.60 Å². The highest BCUT2D eigenvalue weighted by molar-refractivity contribution is 6.11. The Morgan fingerprint density at radius 1 is 1.24 bits per heavy atom. The zero-order valence-corrected chi connectivity index (χ0v) is 12.6. The Kier molecular flexibility index (Phi) is 3.77. The lowest BCUT2D eigenvalue weighted by Gasteiger charge is -2.37. The molecule has 2 aromatic rings. The van der Waals surface area contributed by atoms with Gasteiger partial charge in [0.05, 0.1) is 5.52 Å². The average Bonchev–Trinajstić information content (AvgIpc) is 2.55. The van der Waals surface area contributed by atoms with E-state index in [1.807, 2.05) is 30.3 Å². The predicted octanol–water partition coefficient (Wildman–Crippen LogP) is 4.01. The van der Waals surface area contributed by atoms with Gasteiger partial charge in [0.25, 0.3) is 0 Å². The number of methoxy groups -OCH3 is 1. The van der Waals surface area contributed by atoms with Crippen molar-refractivity contribution in [2.75, 3.05) is 7.11 Å². The lowest BCUT2D eigenvalue weighted by molar-refractivity contribution is -0.0261. The number of carbonyl (C=O) groups excluding carboxylic acids is 1. The van der Waals surface area contributed by atoms with Gasteiger partial charge in [-0.2, -0.15) is 0 Å². The van der Waals surface area contributed by atoms with Crippen LogP contribution in [0.15, 0.2) is 36.5 Å². The van der Waals surface area contributed by atoms with Crippen molar-refractivity contribution >= 4 is 16.7 Å². The molecule has 3 rings (SSSR count). The van der Waals surface area contributed by atoms with Crippen LogP contribution in [-0.2, 0) is 4.74 Å². The van der Waals surface area contributed by atoms with Crippen LogP contribution in [0.3, 0.4) is 0 Å². The van der Waals surface area contributed by atoms with Crippen molar-refractivity contribution in [1.29, 1.82) is 0 Å². The predicted molar refractivity (Wildman–Crippen MR) is 83.4 cm³/mol. The molecule has 0 spiro atoms. The summed E-state index contributed by atoms with van der Waals surface area (Å²) in [4.78, 5) is 17.5. The summed E-state index contributed by atoms with van der Waals surface area (Å²) >= 11 is 0. The minimum atomic E-state index is -0.656. The molecular formula is C18H21NO2. The SMILES string of the molecule is COC1(C(=O)c2cccc3ncccc23)CCC(C)CC1. The third-order valence-electron chi connectivity index (χ3n) is 4.78. The van der Waals surface area contributed by atoms with E-state index in [1.54, 1.807) is 13.3 Å². The van der Waals surface area contributed by atoms with Crippen LogP contribution in [0.2, 0.25) is 0 Å². The number of rotatable bonds is 3. The van der Waals surface area contributed by atoms with Gasteiger partial charge < -0.3 is 4.74 Å². The fourth-order valence-corrected chi connectivity index (χ4v) is 3.30. The fraction of sp³-hybridized carbons (Fsp3) is 0.444. The Morgan fingerprint density at radius 3 is 2.71 bits per heavy atom. The molecule has 110 valence electrons. The first kappa shape index (κ1) is 14.2. The zero-order chi connectivity index (χ0) is 14.9. The monoisotopic (exact) mass is 283 g/mol. The molecule has 0 amide bonds. The molecule has 0 bridgehead atoms. The Labute approximate surface area is 125 Å². The number of hydrogen-bond acceptors (Lipinski definition) is 3. The second kappa shape index (κ2) is 5.57. The Morgan fingerprint density at radius 2 is 2.00 bits per heavy atom. The summed E-state index contributed by atoms with van der Waals surface area (Å²) in [7, 11) is 1.66. The molecule has 21 heavy (non-hydrogen) atoms. The first-order valence-electron chi connectivity index (χ1n) is 7.60. The van der Waals surface area contributed by atoms with Crippen LogP contribution in [0.25, 0.3) is 10.9 Å². The molecule has 1 fully saturated rings. The third kappa shape index (κ3) is 2.46. The van der Waals surface area contributed by atoms with Gasteiger partial charge in [-0.05, 0) is 43.7 Å². The van der Waals surface area contributed by atoms with Crippen LogP contribution in [0.5, 0.6) is 0 Å². The molecule has 1 saturated carbocycles. The van der Waals surface area contributed by atoms with Gasteiger partial charge in [-0.15, -0.1) is 0 Å². The number of aromatic nitrogens is 1. The Balaban J connectivity index is 2.03. The Hall–Kier alpha value is -1.74. The number of Topliss-reactive ketones (excluding diaryl/α,β-unsaturated/α-hetero) is 1. The van der Waals surface area contributed by atoms with E-state index in [-0.39, 0.29) is 5.78 Å². The summed E-state index contributed by atoms with van der Waals surface area (Å²) in [5, 5.41) is 0.917. The summed E-state index contributed by atoms with van der Waals surface area (Å²) in [6, 6.07) is 9.57. The van der Waals surface area contributed by atoms with Crippen LogP contribution in [0, 0.1) is 5.92 Å². The van der Waals surface area contributed by atoms with Crippen molar-refractivity contribution in [2.24, 2.45) is 5.92 Å². The molecule has 0 N–H and O–H groups in total. The van der Waals surface area contributed by atoms with Crippen molar-refractivity contribution in [3.63, 3.8) is 0 Å². The maximum absolute atomic E-state index is 13.1. The maximum Gasteiger partial charge on any atom is 0.195 e. The highest BCUT2D eigenvalue weighted by Crippen LogP contribution is 2.37. The third-order valence-corrected chi connectivity index (χ3v) is 4.78. The van der Waals surface area contributed by atoms with Gasteiger partial charge >= 0.3 is 0 Å².